The third-order valence-corrected chi connectivity index (χ3v) is 6.76. The maximum Gasteiger partial charge on any atom is 0.277 e. The van der Waals surface area contributed by atoms with Crippen molar-refractivity contribution in [2.45, 2.75) is 24.7 Å². The van der Waals surface area contributed by atoms with Gasteiger partial charge < -0.3 is 15.5 Å². The van der Waals surface area contributed by atoms with Crippen LogP contribution in [0.4, 0.5) is 5.69 Å². The third-order valence-electron chi connectivity index (χ3n) is 6.76. The Balaban J connectivity index is 1.50. The van der Waals surface area contributed by atoms with Gasteiger partial charge in [-0.1, -0.05) is 18.2 Å². The number of benzene rings is 2. The Labute approximate surface area is 198 Å². The fourth-order valence-electron chi connectivity index (χ4n) is 4.96. The quantitative estimate of drug-likeness (QED) is 0.616. The highest BCUT2D eigenvalue weighted by molar-refractivity contribution is 6.07. The summed E-state index contributed by atoms with van der Waals surface area (Å²) in [6.45, 7) is 1.48. The van der Waals surface area contributed by atoms with Crippen LogP contribution in [0.2, 0.25) is 0 Å². The van der Waals surface area contributed by atoms with Crippen LogP contribution in [0.5, 0.6) is 0 Å². The molecule has 8 heteroatoms. The fraction of sp³-hybridized carbons (Fsp3) is 0.308. The highest BCUT2D eigenvalue weighted by Gasteiger charge is 2.44. The lowest BCUT2D eigenvalue weighted by Gasteiger charge is -2.28. The van der Waals surface area contributed by atoms with E-state index in [1.165, 1.54) is 23.1 Å². The Morgan fingerprint density at radius 2 is 1.91 bits per heavy atom. The van der Waals surface area contributed by atoms with Crippen LogP contribution >= 0.6 is 0 Å². The molecule has 1 aliphatic heterocycles. The number of amides is 2. The molecule has 0 unspecified atom stereocenters. The summed E-state index contributed by atoms with van der Waals surface area (Å²) >= 11 is 0. The van der Waals surface area contributed by atoms with Gasteiger partial charge in [-0.2, -0.15) is 10.4 Å². The number of likely N-dealkylation sites (N-methyl/N-ethyl adjacent to an activating group) is 1. The molecule has 1 aliphatic carbocycles. The van der Waals surface area contributed by atoms with Crippen molar-refractivity contribution in [3.8, 4) is 11.8 Å². The Bertz CT molecular complexity index is 1330. The van der Waals surface area contributed by atoms with Crippen LogP contribution < -0.4 is 10.6 Å². The minimum Gasteiger partial charge on any atom is -0.366 e. The number of nitriles is 1. The second kappa shape index (κ2) is 8.12. The average Bonchev–Trinajstić information content (AvgIpc) is 3.50. The maximum atomic E-state index is 13.7. The van der Waals surface area contributed by atoms with E-state index in [9.17, 15) is 14.9 Å². The number of nitrogens with zero attached hydrogens (tertiary/aromatic N) is 5. The fourth-order valence-corrected chi connectivity index (χ4v) is 4.96. The van der Waals surface area contributed by atoms with Gasteiger partial charge in [0.1, 0.15) is 11.8 Å². The van der Waals surface area contributed by atoms with Crippen molar-refractivity contribution in [2.24, 2.45) is 5.73 Å². The molecule has 2 aromatic carbocycles. The smallest absolute Gasteiger partial charge is 0.277 e. The van der Waals surface area contributed by atoms with Crippen LogP contribution in [-0.4, -0.2) is 53.7 Å². The minimum absolute atomic E-state index is 0.215. The molecule has 0 saturated heterocycles. The largest absolute Gasteiger partial charge is 0.366 e. The topological polar surface area (TPSA) is 108 Å². The molecular weight excluding hydrogens is 428 g/mol. The molecule has 1 aromatic heterocycles. The Hall–Kier alpha value is -3.96. The zero-order valence-corrected chi connectivity index (χ0v) is 19.3. The van der Waals surface area contributed by atoms with E-state index < -0.39 is 5.91 Å². The number of aromatic nitrogens is 2. The number of anilines is 1. The highest BCUT2D eigenvalue weighted by atomic mass is 16.2. The second-order valence-electron chi connectivity index (χ2n) is 9.39. The molecule has 34 heavy (non-hydrogen) atoms. The van der Waals surface area contributed by atoms with Crippen molar-refractivity contribution in [1.82, 2.24) is 14.7 Å². The van der Waals surface area contributed by atoms with Crippen molar-refractivity contribution in [1.29, 1.82) is 5.26 Å². The Kier molecular flexibility index (Phi) is 5.22. The average molecular weight is 455 g/mol. The molecule has 0 atom stereocenters. The van der Waals surface area contributed by atoms with Crippen LogP contribution in [0.25, 0.3) is 5.69 Å². The zero-order chi connectivity index (χ0) is 24.0. The van der Waals surface area contributed by atoms with E-state index in [-0.39, 0.29) is 17.0 Å². The number of hydrogen-bond donors (Lipinski definition) is 1. The monoisotopic (exact) mass is 454 g/mol. The second-order valence-corrected chi connectivity index (χ2v) is 9.39. The van der Waals surface area contributed by atoms with E-state index in [2.05, 4.69) is 42.3 Å². The minimum atomic E-state index is -0.570. The first-order valence-electron chi connectivity index (χ1n) is 11.3. The van der Waals surface area contributed by atoms with E-state index in [0.29, 0.717) is 35.5 Å². The van der Waals surface area contributed by atoms with Crippen LogP contribution in [0.1, 0.15) is 50.5 Å². The van der Waals surface area contributed by atoms with E-state index in [1.807, 2.05) is 12.1 Å². The lowest BCUT2D eigenvalue weighted by atomic mass is 9.95. The molecule has 8 nitrogen and oxygen atoms in total. The molecule has 2 heterocycles. The van der Waals surface area contributed by atoms with Crippen LogP contribution in [0.15, 0.2) is 48.5 Å². The summed E-state index contributed by atoms with van der Waals surface area (Å²) in [6, 6.07) is 17.0. The van der Waals surface area contributed by atoms with Crippen LogP contribution in [0, 0.1) is 11.3 Å². The molecular formula is C26H26N6O2. The van der Waals surface area contributed by atoms with Gasteiger partial charge >= 0.3 is 0 Å². The summed E-state index contributed by atoms with van der Waals surface area (Å²) in [4.78, 5) is 29.3. The molecule has 3 aromatic rings. The molecule has 0 radical (unpaired) electrons. The summed E-state index contributed by atoms with van der Waals surface area (Å²) in [5.41, 5.74) is 9.79. The summed E-state index contributed by atoms with van der Waals surface area (Å²) in [5.74, 6) is -0.791. The van der Waals surface area contributed by atoms with Crippen molar-refractivity contribution in [3.05, 3.63) is 76.6 Å². The van der Waals surface area contributed by atoms with Gasteiger partial charge in [-0.3, -0.25) is 9.59 Å². The number of primary amides is 1. The van der Waals surface area contributed by atoms with E-state index in [1.54, 1.807) is 29.2 Å². The summed E-state index contributed by atoms with van der Waals surface area (Å²) in [6.07, 6.45) is 2.87. The van der Waals surface area contributed by atoms with E-state index in [0.717, 1.165) is 12.2 Å². The van der Waals surface area contributed by atoms with Gasteiger partial charge in [0.05, 0.1) is 5.69 Å². The molecule has 2 amide bonds. The molecule has 172 valence electrons. The zero-order valence-electron chi connectivity index (χ0n) is 19.3. The first-order valence-corrected chi connectivity index (χ1v) is 11.3. The van der Waals surface area contributed by atoms with Gasteiger partial charge in [-0.15, -0.1) is 0 Å². The predicted molar refractivity (Wildman–Crippen MR) is 128 cm³/mol. The van der Waals surface area contributed by atoms with Gasteiger partial charge in [0, 0.05) is 35.3 Å². The lowest BCUT2D eigenvalue weighted by molar-refractivity contribution is 0.0971. The van der Waals surface area contributed by atoms with Crippen molar-refractivity contribution < 1.29 is 9.59 Å². The highest BCUT2D eigenvalue weighted by Crippen LogP contribution is 2.48. The van der Waals surface area contributed by atoms with Gasteiger partial charge in [-0.25, -0.2) is 4.68 Å². The van der Waals surface area contributed by atoms with Crippen molar-refractivity contribution >= 4 is 17.5 Å². The van der Waals surface area contributed by atoms with Crippen LogP contribution in [-0.2, 0) is 11.8 Å². The first kappa shape index (κ1) is 21.9. The normalized spacial score (nSPS) is 16.3. The first-order chi connectivity index (χ1) is 16.3. The molecule has 2 aliphatic rings. The molecule has 5 rings (SSSR count). The SMILES string of the molecule is CN(C)CC1(c2ccc(N3CCc4c(C#N)nn(-c5cccc(C(N)=O)c5)c4C3=O)cc2)CC1. The van der Waals surface area contributed by atoms with E-state index >= 15 is 0 Å². The number of carbonyl (C=O) groups is 2. The molecule has 1 saturated carbocycles. The van der Waals surface area contributed by atoms with Gasteiger partial charge in [0.25, 0.3) is 5.91 Å². The van der Waals surface area contributed by atoms with Gasteiger partial charge in [-0.05, 0) is 69.3 Å². The summed E-state index contributed by atoms with van der Waals surface area (Å²) in [7, 11) is 4.19. The number of fused-ring (bicyclic) bond motifs is 1. The Morgan fingerprint density at radius 3 is 2.53 bits per heavy atom. The summed E-state index contributed by atoms with van der Waals surface area (Å²) < 4.78 is 1.46. The molecule has 1 fully saturated rings. The van der Waals surface area contributed by atoms with Gasteiger partial charge in [0.15, 0.2) is 5.69 Å². The van der Waals surface area contributed by atoms with E-state index in [4.69, 9.17) is 5.73 Å². The number of hydrogen-bond acceptors (Lipinski definition) is 5. The predicted octanol–water partition coefficient (Wildman–Crippen LogP) is 2.64. The number of carbonyl (C=O) groups excluding carboxylic acids is 2. The molecule has 0 spiro atoms. The van der Waals surface area contributed by atoms with Gasteiger partial charge in [0.2, 0.25) is 5.91 Å². The van der Waals surface area contributed by atoms with Crippen molar-refractivity contribution in [2.75, 3.05) is 32.1 Å². The van der Waals surface area contributed by atoms with Crippen LogP contribution in [0.3, 0.4) is 0 Å². The van der Waals surface area contributed by atoms with Crippen molar-refractivity contribution in [3.63, 3.8) is 0 Å². The maximum absolute atomic E-state index is 13.7. The number of nitrogens with two attached hydrogens (primary N) is 1. The summed E-state index contributed by atoms with van der Waals surface area (Å²) in [5, 5.41) is 14.0. The Morgan fingerprint density at radius 1 is 1.18 bits per heavy atom. The molecule has 2 N–H and O–H groups in total. The standard InChI is InChI=1S/C26H26N6O2/c1-30(2)16-26(11-12-26)18-6-8-19(9-7-18)31-13-10-21-22(15-27)29-32(23(21)25(31)34)20-5-3-4-17(14-20)24(28)33/h3-9,14H,10-13,16H2,1-2H3,(H2,28,33). The molecule has 0 bridgehead atoms. The third kappa shape index (κ3) is 3.64. The number of rotatable bonds is 6. The lowest BCUT2D eigenvalue weighted by Crippen LogP contribution is -2.39.